The molecule has 0 radical (unpaired) electrons. The number of ether oxygens (including phenoxy) is 3. The van der Waals surface area contributed by atoms with Gasteiger partial charge >= 0.3 is 0 Å². The number of nitrogens with zero attached hydrogens (tertiary/aromatic N) is 2. The minimum atomic E-state index is -0.471. The van der Waals surface area contributed by atoms with Gasteiger partial charge in [0.1, 0.15) is 0 Å². The molecule has 111 heavy (non-hydrogen) atoms. The molecule has 3 aliphatic heterocycles. The van der Waals surface area contributed by atoms with Gasteiger partial charge in [-0.15, -0.1) is 0 Å². The van der Waals surface area contributed by atoms with Crippen molar-refractivity contribution in [3.8, 4) is 0 Å². The molecule has 36 atom stereocenters. The lowest BCUT2D eigenvalue weighted by molar-refractivity contribution is -0.182. The third-order valence-electron chi connectivity index (χ3n) is 42.5. The van der Waals surface area contributed by atoms with Gasteiger partial charge in [-0.2, -0.15) is 0 Å². The molecule has 0 aromatic rings. The zero-order valence-electron chi connectivity index (χ0n) is 74.2. The van der Waals surface area contributed by atoms with Crippen molar-refractivity contribution >= 4 is 17.7 Å². The van der Waals surface area contributed by atoms with E-state index in [9.17, 15) is 45.0 Å². The van der Waals surface area contributed by atoms with Crippen LogP contribution in [0.2, 0.25) is 0 Å². The van der Waals surface area contributed by atoms with E-state index in [1.165, 1.54) is 103 Å². The molecule has 3 saturated heterocycles. The summed E-state index contributed by atoms with van der Waals surface area (Å²) >= 11 is 0. The molecule has 0 aromatic carbocycles. The molecule has 15 nitrogen and oxygen atoms in total. The Kier molecular flexibility index (Phi) is 19.2. The zero-order chi connectivity index (χ0) is 80.9. The fraction of sp³-hybridized carbons (Fsp3) is 0.969. The van der Waals surface area contributed by atoms with E-state index >= 15 is 0 Å². The molecule has 0 aromatic heterocycles. The number of rotatable bonds is 7. The molecule has 15 heteroatoms. The molecule has 15 saturated carbocycles. The highest BCUT2D eigenvalue weighted by Crippen LogP contribution is 2.93. The predicted octanol–water partition coefficient (Wildman–Crippen LogP) is 16.3. The summed E-state index contributed by atoms with van der Waals surface area (Å²) in [7, 11) is 0. The number of carbonyl (C=O) groups is 3. The van der Waals surface area contributed by atoms with Crippen molar-refractivity contribution in [3.63, 3.8) is 0 Å². The first-order valence-corrected chi connectivity index (χ1v) is 46.2. The molecule has 3 amide bonds. The lowest BCUT2D eigenvalue weighted by Gasteiger charge is -2.63. The maximum Gasteiger partial charge on any atom is 0.222 e. The van der Waals surface area contributed by atoms with Gasteiger partial charge in [-0.3, -0.25) is 14.4 Å². The molecule has 6 unspecified atom stereocenters. The van der Waals surface area contributed by atoms with Crippen molar-refractivity contribution in [3.05, 3.63) is 0 Å². The van der Waals surface area contributed by atoms with Gasteiger partial charge in [-0.25, -0.2) is 0 Å². The molecule has 630 valence electrons. The largest absolute Gasteiger partial charge is 0.393 e. The topological polar surface area (TPSA) is 219 Å². The smallest absolute Gasteiger partial charge is 0.222 e. The number of aliphatic hydroxyl groups excluding tert-OH is 6. The Morgan fingerprint density at radius 2 is 0.676 bits per heavy atom. The Hall–Kier alpha value is -1.95. The Bertz CT molecular complexity index is 3640. The Balaban J connectivity index is 0.000000126. The number of amides is 3. The van der Waals surface area contributed by atoms with Crippen molar-refractivity contribution in [2.24, 2.45) is 152 Å². The average Bonchev–Trinajstić information content (AvgIpc) is 1.47. The van der Waals surface area contributed by atoms with E-state index < -0.39 is 18.3 Å². The summed E-state index contributed by atoms with van der Waals surface area (Å²) in [4.78, 5) is 40.9. The highest BCUT2D eigenvalue weighted by atomic mass is 16.5. The summed E-state index contributed by atoms with van der Waals surface area (Å²) in [5, 5.41) is 72.6. The number of carbonyl (C=O) groups excluding carboxylic acids is 3. The van der Waals surface area contributed by atoms with E-state index in [4.69, 9.17) is 14.2 Å². The fourth-order valence-electron chi connectivity index (χ4n) is 37.0. The fourth-order valence-corrected chi connectivity index (χ4v) is 37.0. The molecule has 18 rings (SSSR count). The van der Waals surface area contributed by atoms with Crippen LogP contribution < -0.4 is 5.32 Å². The highest BCUT2D eigenvalue weighted by molar-refractivity contribution is 5.76. The quantitative estimate of drug-likeness (QED) is 0.127. The molecule has 7 N–H and O–H groups in total. The van der Waals surface area contributed by atoms with Crippen LogP contribution in [0.25, 0.3) is 0 Å². The molecule has 18 fully saturated rings. The maximum absolute atomic E-state index is 12.9. The molecule has 0 bridgehead atoms. The maximum atomic E-state index is 12.9. The van der Waals surface area contributed by atoms with Crippen molar-refractivity contribution in [2.75, 3.05) is 19.6 Å². The zero-order valence-corrected chi connectivity index (χ0v) is 74.2. The van der Waals surface area contributed by atoms with Crippen LogP contribution in [0.4, 0.5) is 0 Å². The predicted molar refractivity (Wildman–Crippen MR) is 434 cm³/mol. The Labute approximate surface area is 671 Å². The second-order valence-electron chi connectivity index (χ2n) is 48.7. The summed E-state index contributed by atoms with van der Waals surface area (Å²) in [5.74, 6) is 6.09. The van der Waals surface area contributed by atoms with Gasteiger partial charge in [0, 0.05) is 67.2 Å². The van der Waals surface area contributed by atoms with Crippen molar-refractivity contribution in [2.45, 2.75) is 411 Å². The molecule has 6 spiro atoms. The lowest BCUT2D eigenvalue weighted by atomic mass is 9.41. The molecule has 3 heterocycles. The van der Waals surface area contributed by atoms with Crippen LogP contribution in [-0.4, -0.2) is 162 Å². The van der Waals surface area contributed by atoms with Gasteiger partial charge in [0.25, 0.3) is 0 Å². The minimum absolute atomic E-state index is 0.00872. The van der Waals surface area contributed by atoms with Crippen LogP contribution in [0.1, 0.15) is 327 Å². The first kappa shape index (κ1) is 82.7. The Morgan fingerprint density at radius 1 is 0.396 bits per heavy atom. The van der Waals surface area contributed by atoms with Crippen LogP contribution in [0, 0.1) is 152 Å². The van der Waals surface area contributed by atoms with Crippen molar-refractivity contribution < 1.29 is 59.2 Å². The van der Waals surface area contributed by atoms with Crippen molar-refractivity contribution in [1.82, 2.24) is 15.1 Å². The second kappa shape index (κ2) is 25.8. The third-order valence-corrected chi connectivity index (χ3v) is 42.5. The number of fused-ring (bicyclic) bond motifs is 12. The van der Waals surface area contributed by atoms with Crippen LogP contribution >= 0.6 is 0 Å². The minimum Gasteiger partial charge on any atom is -0.393 e. The number of aliphatic hydroxyl groups is 6. The van der Waals surface area contributed by atoms with Gasteiger partial charge in [-0.05, 0) is 332 Å². The van der Waals surface area contributed by atoms with E-state index in [2.05, 4.69) is 151 Å². The summed E-state index contributed by atoms with van der Waals surface area (Å²) < 4.78 is 20.5. The molecule has 18 aliphatic rings. The first-order chi connectivity index (χ1) is 51.3. The van der Waals surface area contributed by atoms with Gasteiger partial charge in [0.05, 0.1) is 73.2 Å². The van der Waals surface area contributed by atoms with Crippen LogP contribution in [0.3, 0.4) is 0 Å². The van der Waals surface area contributed by atoms with E-state index in [1.54, 1.807) is 13.8 Å². The van der Waals surface area contributed by atoms with Gasteiger partial charge in [0.2, 0.25) is 17.7 Å². The van der Waals surface area contributed by atoms with Crippen molar-refractivity contribution in [1.29, 1.82) is 0 Å². The van der Waals surface area contributed by atoms with Gasteiger partial charge in [-0.1, -0.05) is 111 Å². The summed E-state index contributed by atoms with van der Waals surface area (Å²) in [5.41, 5.74) is 1.27. The number of hydrogen-bond acceptors (Lipinski definition) is 12. The van der Waals surface area contributed by atoms with E-state index in [-0.39, 0.29) is 132 Å². The average molecular weight is 1550 g/mol. The number of hydrogen-bond donors (Lipinski definition) is 7. The van der Waals surface area contributed by atoms with Crippen LogP contribution in [0.5, 0.6) is 0 Å². The number of nitrogens with one attached hydrogen (secondary N) is 1. The summed E-state index contributed by atoms with van der Waals surface area (Å²) in [6.45, 7) is 55.4. The standard InChI is InChI=1S/C34H57NO4.C33H55NO4.C29H47NO4/c1-10-25(37)35(29(3,4)5)18-21-17-20(2)26-27(39-21)28(38)32(9)23-12-11-22-30(6,7)24(36)13-14-33(22)19-34(23,33)16-15-31(26,32)8;1-19-16-21(17-34(20(2)35)28(3,4)5)38-26-25(19)30(8)14-15-33-18-32(33)13-12-24(36)29(6,7)22(32)10-11-23(33)31(30,9)27(26)37;1-16-13-18(14-30-17(2)31)34-23-22(16)26(5)11-12-29-15-28(29)10-9-21(32)25(3,4)19(28)7-8-20(29)27(26,6)24(23)33/h20-24,26-28,36,38H,10-19H2,1-9H3;19,21-27,36-37H,10-18H2,1-9H3;16,18-24,32-33H,7-15H2,1-6H3,(H,30,31)/t20-,21-,22?,23?,24+,26+,27+,28+,31-,32-,33-,34+;19-,21-,22?,23?,24+,25+,26+,27+,30-,31-,32-,33+;16-,18-,19?,20?,21+,22+,23+,24+,26-,27-,28-,29+/m111/s1. The van der Waals surface area contributed by atoms with Crippen LogP contribution in [-0.2, 0) is 28.6 Å². The SMILES string of the molecule is CC(=O)N(C[C@H]1C[C@@H](C)[C@H]2[C@H](O1)[C@H](O)[C@@]1(C)C3CCC4C(C)(C)[C@@H](O)CC[C@@]45C[C@@]35CC[C@]21C)C(C)(C)C.CC(=O)NC[C@H]1C[C@@H](C)[C@H]2[C@H](O1)[C@H](O)[C@@]1(C)C3CCC4C(C)(C)[C@@H](O)CC[C@@]45C[C@@]35CC[C@]21C.CCC(=O)N(C[C@H]1C[C@@H](C)[C@H]2[C@H](O1)[C@H](O)[C@@]1(C)C3CCC4C(C)(C)[C@@H](O)CC[C@@]45C[C@@]35CC[C@]21C)C(C)(C)C. The lowest BCUT2D eigenvalue weighted by Crippen LogP contribution is -2.59. The third kappa shape index (κ3) is 10.6. The monoisotopic (exact) mass is 1550 g/mol. The van der Waals surface area contributed by atoms with Crippen LogP contribution in [0.15, 0.2) is 0 Å². The van der Waals surface area contributed by atoms with Gasteiger partial charge in [0.15, 0.2) is 0 Å². The molecular formula is C96H159N3O12. The van der Waals surface area contributed by atoms with E-state index in [0.717, 1.165) is 51.4 Å². The second-order valence-corrected chi connectivity index (χ2v) is 48.7. The van der Waals surface area contributed by atoms with E-state index in [0.29, 0.717) is 130 Å². The molecular weight excluding hydrogens is 1390 g/mol. The normalized spacial score (nSPS) is 55.6. The van der Waals surface area contributed by atoms with E-state index in [1.807, 2.05) is 16.7 Å². The molecule has 15 aliphatic carbocycles. The Morgan fingerprint density at radius 3 is 0.964 bits per heavy atom. The van der Waals surface area contributed by atoms with Gasteiger partial charge < -0.3 is 60.0 Å². The first-order valence-electron chi connectivity index (χ1n) is 46.2. The highest BCUT2D eigenvalue weighted by Gasteiger charge is 2.89. The summed E-state index contributed by atoms with van der Waals surface area (Å²) in [6.07, 6.45) is 25.5. The summed E-state index contributed by atoms with van der Waals surface area (Å²) in [6, 6.07) is 0.